The average molecular weight is 417 g/mol. The van der Waals surface area contributed by atoms with E-state index in [1.807, 2.05) is 6.08 Å². The molecular weight excluding hydrogens is 390 g/mol. The van der Waals surface area contributed by atoms with Crippen LogP contribution in [0.25, 0.3) is 0 Å². The van der Waals surface area contributed by atoms with Gasteiger partial charge in [-0.3, -0.25) is 9.05 Å². The molecule has 2 heterocycles. The fraction of sp³-hybridized carbons (Fsp3) is 0.650. The molecule has 149 valence electrons. The third-order valence-corrected chi connectivity index (χ3v) is 8.17. The fourth-order valence-corrected chi connectivity index (χ4v) is 6.92. The monoisotopic (exact) mass is 417 g/mol. The van der Waals surface area contributed by atoms with Gasteiger partial charge in [-0.2, -0.15) is 0 Å². The van der Waals surface area contributed by atoms with Crippen molar-refractivity contribution in [2.24, 2.45) is 22.7 Å². The summed E-state index contributed by atoms with van der Waals surface area (Å²) in [6, 6.07) is 0. The second-order valence-electron chi connectivity index (χ2n) is 8.73. The molecule has 2 aliphatic carbocycles. The molecule has 0 spiro atoms. The molecule has 4 rings (SSSR count). The molecule has 2 aliphatic heterocycles. The number of phosphoric acid groups is 1. The van der Waals surface area contributed by atoms with Crippen molar-refractivity contribution in [3.05, 3.63) is 36.0 Å². The Kier molecular flexibility index (Phi) is 6.27. The van der Waals surface area contributed by atoms with Crippen molar-refractivity contribution < 1.29 is 28.0 Å². The predicted molar refractivity (Wildman–Crippen MR) is 105 cm³/mol. The van der Waals surface area contributed by atoms with E-state index in [-0.39, 0.29) is 70.9 Å². The Labute approximate surface area is 188 Å². The normalized spacial score (nSPS) is 45.7. The number of esters is 1. The zero-order valence-electron chi connectivity index (χ0n) is 16.8. The quantitative estimate of drug-likeness (QED) is 0.320. The first-order valence-electron chi connectivity index (χ1n) is 9.55. The third-order valence-electron chi connectivity index (χ3n) is 7.20. The van der Waals surface area contributed by atoms with Crippen LogP contribution < -0.4 is 0 Å². The zero-order valence-corrected chi connectivity index (χ0v) is 19.7. The van der Waals surface area contributed by atoms with E-state index >= 15 is 0 Å². The SMILES string of the molecule is C=C1CC[C@@H]2[C@]3(C)COP(=O)(O)O[C@@H]3CC[C@@]2(C)[C@@H]1/C=C/C1=CCOC1=O.[Na]. The van der Waals surface area contributed by atoms with Gasteiger partial charge in [0.1, 0.15) is 6.61 Å². The number of phosphoric ester groups is 1. The summed E-state index contributed by atoms with van der Waals surface area (Å²) in [5, 5.41) is 0. The van der Waals surface area contributed by atoms with Gasteiger partial charge in [0, 0.05) is 40.9 Å². The van der Waals surface area contributed by atoms with Crippen LogP contribution in [-0.4, -0.2) is 59.7 Å². The van der Waals surface area contributed by atoms with E-state index in [2.05, 4.69) is 26.5 Å². The number of fused-ring (bicyclic) bond motifs is 3. The van der Waals surface area contributed by atoms with Gasteiger partial charge in [-0.15, -0.1) is 0 Å². The largest absolute Gasteiger partial charge is 0.472 e. The average Bonchev–Trinajstić information content (AvgIpc) is 3.00. The Hall–Kier alpha value is -0.200. The Morgan fingerprint density at radius 3 is 2.75 bits per heavy atom. The Morgan fingerprint density at radius 1 is 1.32 bits per heavy atom. The third kappa shape index (κ3) is 3.66. The molecule has 8 heteroatoms. The molecule has 0 aromatic carbocycles. The minimum absolute atomic E-state index is 0. The molecule has 6 atom stereocenters. The van der Waals surface area contributed by atoms with Gasteiger partial charge in [0.15, 0.2) is 0 Å². The molecule has 0 aromatic rings. The van der Waals surface area contributed by atoms with E-state index in [0.717, 1.165) is 19.3 Å². The van der Waals surface area contributed by atoms with Crippen LogP contribution in [0.5, 0.6) is 0 Å². The van der Waals surface area contributed by atoms with Crippen molar-refractivity contribution in [3.63, 3.8) is 0 Å². The van der Waals surface area contributed by atoms with E-state index in [1.165, 1.54) is 5.57 Å². The van der Waals surface area contributed by atoms with Crippen molar-refractivity contribution in [1.29, 1.82) is 0 Å². The molecule has 1 N–H and O–H groups in total. The molecule has 3 fully saturated rings. The van der Waals surface area contributed by atoms with Gasteiger partial charge in [0.25, 0.3) is 0 Å². The molecular formula is C20H27NaO6P. The summed E-state index contributed by atoms with van der Waals surface area (Å²) in [4.78, 5) is 21.5. The number of ether oxygens (including phenoxy) is 1. The summed E-state index contributed by atoms with van der Waals surface area (Å²) in [7, 11) is -3.94. The maximum absolute atomic E-state index is 11.9. The van der Waals surface area contributed by atoms with E-state index in [1.54, 1.807) is 6.08 Å². The van der Waals surface area contributed by atoms with Gasteiger partial charge >= 0.3 is 13.8 Å². The van der Waals surface area contributed by atoms with Gasteiger partial charge in [-0.05, 0) is 43.1 Å². The minimum atomic E-state index is -3.94. The van der Waals surface area contributed by atoms with Crippen LogP contribution in [0.15, 0.2) is 36.0 Å². The van der Waals surface area contributed by atoms with E-state index < -0.39 is 7.82 Å². The summed E-state index contributed by atoms with van der Waals surface area (Å²) in [6.45, 7) is 9.26. The second kappa shape index (κ2) is 7.81. The fourth-order valence-electron chi connectivity index (χ4n) is 5.75. The van der Waals surface area contributed by atoms with Crippen LogP contribution in [0.4, 0.5) is 0 Å². The first-order valence-corrected chi connectivity index (χ1v) is 11.0. The maximum atomic E-state index is 11.9. The molecule has 1 saturated heterocycles. The van der Waals surface area contributed by atoms with Gasteiger partial charge < -0.3 is 9.63 Å². The van der Waals surface area contributed by atoms with E-state index in [9.17, 15) is 14.3 Å². The zero-order chi connectivity index (χ0) is 19.4. The van der Waals surface area contributed by atoms with Gasteiger partial charge in [0.05, 0.1) is 18.3 Å². The molecule has 1 radical (unpaired) electrons. The summed E-state index contributed by atoms with van der Waals surface area (Å²) in [5.74, 6) is 0.123. The number of hydrogen-bond acceptors (Lipinski definition) is 5. The van der Waals surface area contributed by atoms with Crippen molar-refractivity contribution in [2.75, 3.05) is 13.2 Å². The molecule has 28 heavy (non-hydrogen) atoms. The van der Waals surface area contributed by atoms with E-state index in [4.69, 9.17) is 13.8 Å². The molecule has 0 aromatic heterocycles. The van der Waals surface area contributed by atoms with Crippen molar-refractivity contribution >= 4 is 43.3 Å². The summed E-state index contributed by atoms with van der Waals surface area (Å²) < 4.78 is 27.6. The number of carbonyl (C=O) groups excluding carboxylic acids is 1. The minimum Gasteiger partial charge on any atom is -0.458 e. The standard InChI is InChI=1S/C20H27O6P.Na/c1-13-4-7-16-19(2,15(13)6-5-14-9-11-24-18(14)21)10-8-17-20(16,3)12-25-27(22,23)26-17;/h5-6,9,15-17H,1,4,7-8,10-12H2,2-3H3,(H,22,23);/b6-5+;/t15-,16+,17-,19+,20+;/m1./s1. The van der Waals surface area contributed by atoms with E-state index in [0.29, 0.717) is 18.6 Å². The number of hydrogen-bond donors (Lipinski definition) is 1. The maximum Gasteiger partial charge on any atom is 0.472 e. The summed E-state index contributed by atoms with van der Waals surface area (Å²) in [6.07, 6.45) is 8.90. The van der Waals surface area contributed by atoms with Gasteiger partial charge in [-0.25, -0.2) is 9.36 Å². The van der Waals surface area contributed by atoms with Crippen molar-refractivity contribution in [3.8, 4) is 0 Å². The Bertz CT molecular complexity index is 792. The van der Waals surface area contributed by atoms with Crippen LogP contribution in [0.1, 0.15) is 39.5 Å². The number of carbonyl (C=O) groups is 1. The Morgan fingerprint density at radius 2 is 2.07 bits per heavy atom. The topological polar surface area (TPSA) is 82.1 Å². The van der Waals surface area contributed by atoms with Crippen LogP contribution in [0.3, 0.4) is 0 Å². The van der Waals surface area contributed by atoms with Gasteiger partial charge in [0.2, 0.25) is 0 Å². The summed E-state index contributed by atoms with van der Waals surface area (Å²) >= 11 is 0. The summed E-state index contributed by atoms with van der Waals surface area (Å²) in [5.41, 5.74) is 1.38. The predicted octanol–water partition coefficient (Wildman–Crippen LogP) is 3.55. The van der Waals surface area contributed by atoms with Crippen LogP contribution in [0, 0.1) is 22.7 Å². The number of rotatable bonds is 2. The number of cyclic esters (lactones) is 1. The van der Waals surface area contributed by atoms with Gasteiger partial charge in [-0.1, -0.05) is 38.2 Å². The number of allylic oxidation sites excluding steroid dienone is 2. The molecule has 0 amide bonds. The first kappa shape index (κ1) is 22.5. The van der Waals surface area contributed by atoms with Crippen molar-refractivity contribution in [1.82, 2.24) is 0 Å². The molecule has 0 bridgehead atoms. The molecule has 2 saturated carbocycles. The molecule has 1 unspecified atom stereocenters. The van der Waals surface area contributed by atoms with Crippen LogP contribution in [-0.2, 0) is 23.1 Å². The second-order valence-corrected chi connectivity index (χ2v) is 10.1. The first-order chi connectivity index (χ1) is 12.7. The smallest absolute Gasteiger partial charge is 0.458 e. The Balaban J connectivity index is 0.00000225. The van der Waals surface area contributed by atoms with Crippen LogP contribution >= 0.6 is 7.82 Å². The van der Waals surface area contributed by atoms with Crippen LogP contribution in [0.2, 0.25) is 0 Å². The molecule has 6 nitrogen and oxygen atoms in total. The molecule has 4 aliphatic rings. The van der Waals surface area contributed by atoms with Crippen molar-refractivity contribution in [2.45, 2.75) is 45.6 Å².